The Morgan fingerprint density at radius 1 is 1.31 bits per heavy atom. The van der Waals surface area contributed by atoms with Crippen molar-refractivity contribution in [3.05, 3.63) is 0 Å². The van der Waals surface area contributed by atoms with Crippen LogP contribution >= 0.6 is 0 Å². The van der Waals surface area contributed by atoms with Crippen molar-refractivity contribution >= 4 is 5.78 Å². The first-order chi connectivity index (χ1) is 7.41. The monoisotopic (exact) mass is 238 g/mol. The molecule has 0 radical (unpaired) electrons. The summed E-state index contributed by atoms with van der Waals surface area (Å²) in [5, 5.41) is 0. The van der Waals surface area contributed by atoms with Gasteiger partial charge in [-0.05, 0) is 19.8 Å². The van der Waals surface area contributed by atoms with Gasteiger partial charge in [-0.1, -0.05) is 19.3 Å². The molecule has 0 N–H and O–H groups in total. The van der Waals surface area contributed by atoms with E-state index < -0.39 is 18.9 Å². The molecule has 1 aliphatic carbocycles. The maximum absolute atomic E-state index is 12.1. The summed E-state index contributed by atoms with van der Waals surface area (Å²) in [5.41, 5.74) is 0. The summed E-state index contributed by atoms with van der Waals surface area (Å²) in [7, 11) is 0. The number of rotatable bonds is 4. The van der Waals surface area contributed by atoms with Gasteiger partial charge in [0.1, 0.15) is 6.61 Å². The Labute approximate surface area is 93.2 Å². The van der Waals surface area contributed by atoms with E-state index >= 15 is 0 Å². The van der Waals surface area contributed by atoms with E-state index in [-0.39, 0.29) is 11.7 Å². The van der Waals surface area contributed by atoms with Gasteiger partial charge in [-0.2, -0.15) is 13.2 Å². The average molecular weight is 238 g/mol. The van der Waals surface area contributed by atoms with Crippen LogP contribution in [0.4, 0.5) is 13.2 Å². The van der Waals surface area contributed by atoms with Gasteiger partial charge >= 0.3 is 6.18 Å². The van der Waals surface area contributed by atoms with E-state index in [4.69, 9.17) is 0 Å². The molecular weight excluding hydrogens is 221 g/mol. The molecule has 1 aliphatic rings. The van der Waals surface area contributed by atoms with Crippen LogP contribution < -0.4 is 0 Å². The van der Waals surface area contributed by atoms with Gasteiger partial charge in [0, 0.05) is 5.92 Å². The lowest BCUT2D eigenvalue weighted by Crippen LogP contribution is -2.32. The SMILES string of the molecule is CC(OCC(=O)C1CCCCC1)C(F)(F)F. The van der Waals surface area contributed by atoms with E-state index in [2.05, 4.69) is 4.74 Å². The highest BCUT2D eigenvalue weighted by Gasteiger charge is 2.37. The summed E-state index contributed by atoms with van der Waals surface area (Å²) < 4.78 is 40.9. The standard InChI is InChI=1S/C11H17F3O2/c1-8(11(12,13)14)16-7-10(15)9-5-3-2-4-6-9/h8-9H,2-7H2,1H3. The first-order valence-corrected chi connectivity index (χ1v) is 5.62. The lowest BCUT2D eigenvalue weighted by molar-refractivity contribution is -0.213. The number of ether oxygens (including phenoxy) is 1. The molecule has 0 amide bonds. The van der Waals surface area contributed by atoms with Gasteiger partial charge in [0.25, 0.3) is 0 Å². The molecule has 0 bridgehead atoms. The zero-order valence-corrected chi connectivity index (χ0v) is 9.35. The minimum Gasteiger partial charge on any atom is -0.361 e. The topological polar surface area (TPSA) is 26.3 Å². The largest absolute Gasteiger partial charge is 0.414 e. The summed E-state index contributed by atoms with van der Waals surface area (Å²) in [6, 6.07) is 0. The zero-order valence-electron chi connectivity index (χ0n) is 9.35. The van der Waals surface area contributed by atoms with Crippen molar-refractivity contribution < 1.29 is 22.7 Å². The molecule has 16 heavy (non-hydrogen) atoms. The van der Waals surface area contributed by atoms with Crippen LogP contribution in [0, 0.1) is 5.92 Å². The summed E-state index contributed by atoms with van der Waals surface area (Å²) in [5.74, 6) is -0.273. The Morgan fingerprint density at radius 2 is 1.88 bits per heavy atom. The molecule has 0 aromatic rings. The van der Waals surface area contributed by atoms with Crippen molar-refractivity contribution in [2.45, 2.75) is 51.3 Å². The fourth-order valence-corrected chi connectivity index (χ4v) is 1.84. The van der Waals surface area contributed by atoms with Crippen molar-refractivity contribution in [2.75, 3.05) is 6.61 Å². The van der Waals surface area contributed by atoms with Crippen LogP contribution in [0.5, 0.6) is 0 Å². The molecule has 5 heteroatoms. The number of halogens is 3. The Morgan fingerprint density at radius 3 is 2.38 bits per heavy atom. The van der Waals surface area contributed by atoms with E-state index in [9.17, 15) is 18.0 Å². The van der Waals surface area contributed by atoms with E-state index in [1.165, 1.54) is 0 Å². The van der Waals surface area contributed by atoms with Gasteiger partial charge in [0.15, 0.2) is 11.9 Å². The van der Waals surface area contributed by atoms with E-state index in [1.807, 2.05) is 0 Å². The molecule has 1 saturated carbocycles. The maximum atomic E-state index is 12.1. The Kier molecular flexibility index (Phi) is 4.77. The average Bonchev–Trinajstić information content (AvgIpc) is 2.25. The third-order valence-corrected chi connectivity index (χ3v) is 3.00. The normalized spacial score (nSPS) is 20.8. The molecule has 1 fully saturated rings. The maximum Gasteiger partial charge on any atom is 0.414 e. The molecule has 94 valence electrons. The second-order valence-corrected chi connectivity index (χ2v) is 4.30. The molecule has 0 aliphatic heterocycles. The molecular formula is C11H17F3O2. The molecule has 1 unspecified atom stereocenters. The first-order valence-electron chi connectivity index (χ1n) is 5.62. The van der Waals surface area contributed by atoms with Gasteiger partial charge in [-0.3, -0.25) is 4.79 Å². The number of carbonyl (C=O) groups excluding carboxylic acids is 1. The van der Waals surface area contributed by atoms with Crippen LogP contribution in [0.3, 0.4) is 0 Å². The minimum atomic E-state index is -4.38. The van der Waals surface area contributed by atoms with E-state index in [0.717, 1.165) is 39.0 Å². The third-order valence-electron chi connectivity index (χ3n) is 3.00. The third kappa shape index (κ3) is 4.12. The molecule has 0 spiro atoms. The number of carbonyl (C=O) groups is 1. The molecule has 2 nitrogen and oxygen atoms in total. The van der Waals surface area contributed by atoms with Crippen LogP contribution in [0.15, 0.2) is 0 Å². The summed E-state index contributed by atoms with van der Waals surface area (Å²) >= 11 is 0. The van der Waals surface area contributed by atoms with Crippen molar-refractivity contribution in [3.63, 3.8) is 0 Å². The zero-order chi connectivity index (χ0) is 12.2. The lowest BCUT2D eigenvalue weighted by atomic mass is 9.86. The van der Waals surface area contributed by atoms with E-state index in [1.54, 1.807) is 0 Å². The van der Waals surface area contributed by atoms with Gasteiger partial charge in [-0.25, -0.2) is 0 Å². The van der Waals surface area contributed by atoms with Crippen LogP contribution in [0.25, 0.3) is 0 Å². The van der Waals surface area contributed by atoms with Crippen LogP contribution in [0.1, 0.15) is 39.0 Å². The van der Waals surface area contributed by atoms with Crippen LogP contribution in [0.2, 0.25) is 0 Å². The van der Waals surface area contributed by atoms with Gasteiger partial charge < -0.3 is 4.74 Å². The Balaban J connectivity index is 2.29. The minimum absolute atomic E-state index is 0.0887. The highest BCUT2D eigenvalue weighted by Crippen LogP contribution is 2.26. The number of hydrogen-bond acceptors (Lipinski definition) is 2. The predicted octanol–water partition coefficient (Wildman–Crippen LogP) is 3.10. The molecule has 1 atom stereocenters. The van der Waals surface area contributed by atoms with Gasteiger partial charge in [0.05, 0.1) is 0 Å². The Bertz CT molecular complexity index is 232. The second-order valence-electron chi connectivity index (χ2n) is 4.30. The van der Waals surface area contributed by atoms with Crippen molar-refractivity contribution in [1.29, 1.82) is 0 Å². The highest BCUT2D eigenvalue weighted by atomic mass is 19.4. The quantitative estimate of drug-likeness (QED) is 0.752. The van der Waals surface area contributed by atoms with Gasteiger partial charge in [0.2, 0.25) is 0 Å². The summed E-state index contributed by atoms with van der Waals surface area (Å²) in [6.07, 6.45) is -1.56. The number of alkyl halides is 3. The van der Waals surface area contributed by atoms with Crippen LogP contribution in [-0.4, -0.2) is 24.7 Å². The lowest BCUT2D eigenvalue weighted by Gasteiger charge is -2.22. The molecule has 1 rings (SSSR count). The molecule has 0 saturated heterocycles. The van der Waals surface area contributed by atoms with Crippen molar-refractivity contribution in [2.24, 2.45) is 5.92 Å². The Hall–Kier alpha value is -0.580. The van der Waals surface area contributed by atoms with Crippen LogP contribution in [-0.2, 0) is 9.53 Å². The second kappa shape index (κ2) is 5.66. The number of Topliss-reactive ketones (excluding diaryl/α,β-unsaturated/α-hetero) is 1. The molecule has 0 aromatic carbocycles. The van der Waals surface area contributed by atoms with Crippen molar-refractivity contribution in [1.82, 2.24) is 0 Å². The fraction of sp³-hybridized carbons (Fsp3) is 0.909. The highest BCUT2D eigenvalue weighted by molar-refractivity contribution is 5.82. The van der Waals surface area contributed by atoms with E-state index in [0.29, 0.717) is 0 Å². The molecule has 0 aromatic heterocycles. The van der Waals surface area contributed by atoms with Gasteiger partial charge in [-0.15, -0.1) is 0 Å². The smallest absolute Gasteiger partial charge is 0.361 e. The predicted molar refractivity (Wildman–Crippen MR) is 53.1 cm³/mol. The first kappa shape index (κ1) is 13.5. The summed E-state index contributed by atoms with van der Waals surface area (Å²) in [4.78, 5) is 11.5. The molecule has 0 heterocycles. The summed E-state index contributed by atoms with van der Waals surface area (Å²) in [6.45, 7) is 0.513. The van der Waals surface area contributed by atoms with Crippen molar-refractivity contribution in [3.8, 4) is 0 Å². The fourth-order valence-electron chi connectivity index (χ4n) is 1.84. The number of ketones is 1. The number of hydrogen-bond donors (Lipinski definition) is 0.